The average molecular weight is 360 g/mol. The van der Waals surface area contributed by atoms with E-state index in [2.05, 4.69) is 20.7 Å². The van der Waals surface area contributed by atoms with Gasteiger partial charge in [-0.15, -0.1) is 0 Å². The summed E-state index contributed by atoms with van der Waals surface area (Å²) in [6.45, 7) is 4.29. The van der Waals surface area contributed by atoms with Crippen LogP contribution in [0.3, 0.4) is 0 Å². The number of methoxy groups -OCH3 is 1. The maximum absolute atomic E-state index is 11.0. The van der Waals surface area contributed by atoms with Crippen molar-refractivity contribution < 1.29 is 9.53 Å². The molecule has 3 rings (SSSR count). The summed E-state index contributed by atoms with van der Waals surface area (Å²) >= 11 is 1.47. The van der Waals surface area contributed by atoms with Crippen molar-refractivity contribution in [2.45, 2.75) is 26.2 Å². The molecule has 1 aliphatic rings. The maximum atomic E-state index is 11.0. The van der Waals surface area contributed by atoms with Gasteiger partial charge in [0.05, 0.1) is 7.11 Å². The summed E-state index contributed by atoms with van der Waals surface area (Å²) in [5.74, 6) is 2.32. The van der Waals surface area contributed by atoms with E-state index in [0.29, 0.717) is 12.3 Å². The molecule has 25 heavy (non-hydrogen) atoms. The standard InChI is InChI=1S/C18H24N4O2S/c1-13(23)19-12-14-6-8-22(9-7-14)18-20-17(21-25-18)11-15-4-3-5-16(10-15)24-2/h3-5,10,14H,6-9,11-12H2,1-2H3,(H,19,23). The smallest absolute Gasteiger partial charge is 0.216 e. The first kappa shape index (κ1) is 17.7. The number of nitrogens with one attached hydrogen (secondary N) is 1. The number of piperidine rings is 1. The third kappa shape index (κ3) is 4.92. The molecule has 0 radical (unpaired) electrons. The first-order chi connectivity index (χ1) is 12.1. The van der Waals surface area contributed by atoms with E-state index in [0.717, 1.165) is 54.7 Å². The van der Waals surface area contributed by atoms with E-state index in [-0.39, 0.29) is 5.91 Å². The lowest BCUT2D eigenvalue weighted by Crippen LogP contribution is -2.38. The average Bonchev–Trinajstić information content (AvgIpc) is 3.09. The molecule has 1 aromatic heterocycles. The van der Waals surface area contributed by atoms with E-state index in [4.69, 9.17) is 9.72 Å². The van der Waals surface area contributed by atoms with Gasteiger partial charge < -0.3 is 15.0 Å². The van der Waals surface area contributed by atoms with E-state index >= 15 is 0 Å². The number of carbonyl (C=O) groups excluding carboxylic acids is 1. The van der Waals surface area contributed by atoms with Crippen LogP contribution >= 0.6 is 11.5 Å². The predicted octanol–water partition coefficient (Wildman–Crippen LogP) is 2.49. The fourth-order valence-electron chi connectivity index (χ4n) is 3.03. The van der Waals surface area contributed by atoms with Crippen LogP contribution in [0.4, 0.5) is 5.13 Å². The zero-order valence-electron chi connectivity index (χ0n) is 14.7. The molecule has 134 valence electrons. The number of carbonyl (C=O) groups is 1. The van der Waals surface area contributed by atoms with E-state index in [1.54, 1.807) is 14.0 Å². The number of hydrogen-bond donors (Lipinski definition) is 1. The van der Waals surface area contributed by atoms with Gasteiger partial charge in [-0.1, -0.05) is 12.1 Å². The van der Waals surface area contributed by atoms with Gasteiger partial charge in [0.1, 0.15) is 11.6 Å². The highest BCUT2D eigenvalue weighted by Crippen LogP contribution is 2.25. The lowest BCUT2D eigenvalue weighted by Gasteiger charge is -2.31. The first-order valence-corrected chi connectivity index (χ1v) is 9.36. The molecule has 1 fully saturated rings. The van der Waals surface area contributed by atoms with Crippen LogP contribution in [0.5, 0.6) is 5.75 Å². The molecular formula is C18H24N4O2S. The normalized spacial score (nSPS) is 15.2. The summed E-state index contributed by atoms with van der Waals surface area (Å²) < 4.78 is 9.78. The van der Waals surface area contributed by atoms with E-state index < -0.39 is 0 Å². The SMILES string of the molecule is COc1cccc(Cc2nsc(N3CCC(CNC(C)=O)CC3)n2)c1. The van der Waals surface area contributed by atoms with Gasteiger partial charge in [0, 0.05) is 44.5 Å². The minimum Gasteiger partial charge on any atom is -0.497 e. The van der Waals surface area contributed by atoms with Crippen LogP contribution in [-0.2, 0) is 11.2 Å². The molecule has 1 saturated heterocycles. The van der Waals surface area contributed by atoms with Gasteiger partial charge >= 0.3 is 0 Å². The first-order valence-electron chi connectivity index (χ1n) is 8.59. The second kappa shape index (κ2) is 8.29. The molecule has 2 heterocycles. The second-order valence-electron chi connectivity index (χ2n) is 6.39. The minimum atomic E-state index is 0.0498. The Hall–Kier alpha value is -2.15. The quantitative estimate of drug-likeness (QED) is 0.857. The number of anilines is 1. The van der Waals surface area contributed by atoms with Crippen LogP contribution in [-0.4, -0.2) is 42.0 Å². The summed E-state index contributed by atoms with van der Waals surface area (Å²) in [6.07, 6.45) is 2.86. The number of aromatic nitrogens is 2. The van der Waals surface area contributed by atoms with Crippen molar-refractivity contribution in [3.63, 3.8) is 0 Å². The summed E-state index contributed by atoms with van der Waals surface area (Å²) in [6, 6.07) is 8.01. The summed E-state index contributed by atoms with van der Waals surface area (Å²) in [5, 5.41) is 3.91. The highest BCUT2D eigenvalue weighted by atomic mass is 32.1. The Balaban J connectivity index is 1.54. The Morgan fingerprint density at radius 3 is 2.92 bits per heavy atom. The van der Waals surface area contributed by atoms with Crippen molar-refractivity contribution in [2.75, 3.05) is 31.6 Å². The molecular weight excluding hydrogens is 336 g/mol. The molecule has 1 aromatic carbocycles. The number of rotatable bonds is 6. The highest BCUT2D eigenvalue weighted by molar-refractivity contribution is 7.09. The van der Waals surface area contributed by atoms with Crippen molar-refractivity contribution in [1.29, 1.82) is 0 Å². The lowest BCUT2D eigenvalue weighted by atomic mass is 9.97. The van der Waals surface area contributed by atoms with Gasteiger partial charge in [-0.05, 0) is 36.5 Å². The van der Waals surface area contributed by atoms with Gasteiger partial charge in [-0.3, -0.25) is 4.79 Å². The molecule has 1 aliphatic heterocycles. The molecule has 0 saturated carbocycles. The number of amides is 1. The number of ether oxygens (including phenoxy) is 1. The topological polar surface area (TPSA) is 67.3 Å². The van der Waals surface area contributed by atoms with Crippen LogP contribution in [0.25, 0.3) is 0 Å². The zero-order valence-corrected chi connectivity index (χ0v) is 15.5. The number of hydrogen-bond acceptors (Lipinski definition) is 6. The van der Waals surface area contributed by atoms with Gasteiger partial charge in [-0.25, -0.2) is 4.98 Å². The summed E-state index contributed by atoms with van der Waals surface area (Å²) in [5.41, 5.74) is 1.15. The molecule has 0 atom stereocenters. The molecule has 2 aromatic rings. The van der Waals surface area contributed by atoms with Gasteiger partial charge in [0.2, 0.25) is 11.0 Å². The third-order valence-electron chi connectivity index (χ3n) is 4.48. The van der Waals surface area contributed by atoms with E-state index in [9.17, 15) is 4.79 Å². The number of benzene rings is 1. The lowest BCUT2D eigenvalue weighted by molar-refractivity contribution is -0.119. The molecule has 0 unspecified atom stereocenters. The summed E-state index contributed by atoms with van der Waals surface area (Å²) in [7, 11) is 1.67. The maximum Gasteiger partial charge on any atom is 0.216 e. The fourth-order valence-corrected chi connectivity index (χ4v) is 3.76. The van der Waals surface area contributed by atoms with Crippen molar-refractivity contribution >= 4 is 22.6 Å². The van der Waals surface area contributed by atoms with E-state index in [1.807, 2.05) is 18.2 Å². The van der Waals surface area contributed by atoms with Crippen LogP contribution < -0.4 is 15.0 Å². The molecule has 0 aliphatic carbocycles. The largest absolute Gasteiger partial charge is 0.497 e. The van der Waals surface area contributed by atoms with Crippen molar-refractivity contribution in [2.24, 2.45) is 5.92 Å². The molecule has 1 amide bonds. The van der Waals surface area contributed by atoms with Crippen LogP contribution in [0.2, 0.25) is 0 Å². The molecule has 1 N–H and O–H groups in total. The predicted molar refractivity (Wildman–Crippen MR) is 99.3 cm³/mol. The Bertz CT molecular complexity index is 711. The Kier molecular flexibility index (Phi) is 5.86. The molecule has 0 bridgehead atoms. The van der Waals surface area contributed by atoms with Gasteiger partial charge in [0.25, 0.3) is 0 Å². The number of nitrogens with zero attached hydrogens (tertiary/aromatic N) is 3. The Morgan fingerprint density at radius 2 is 2.20 bits per heavy atom. The van der Waals surface area contributed by atoms with Crippen LogP contribution in [0.1, 0.15) is 31.2 Å². The Morgan fingerprint density at radius 1 is 1.40 bits per heavy atom. The second-order valence-corrected chi connectivity index (χ2v) is 7.12. The van der Waals surface area contributed by atoms with Crippen molar-refractivity contribution in [1.82, 2.24) is 14.7 Å². The zero-order chi connectivity index (χ0) is 17.6. The van der Waals surface area contributed by atoms with E-state index in [1.165, 1.54) is 11.5 Å². The van der Waals surface area contributed by atoms with Crippen molar-refractivity contribution in [3.05, 3.63) is 35.7 Å². The minimum absolute atomic E-state index is 0.0498. The third-order valence-corrected chi connectivity index (χ3v) is 5.29. The molecule has 6 nitrogen and oxygen atoms in total. The van der Waals surface area contributed by atoms with Gasteiger partial charge in [-0.2, -0.15) is 4.37 Å². The van der Waals surface area contributed by atoms with Crippen LogP contribution in [0.15, 0.2) is 24.3 Å². The highest BCUT2D eigenvalue weighted by Gasteiger charge is 2.22. The Labute approximate surface area is 152 Å². The van der Waals surface area contributed by atoms with Crippen molar-refractivity contribution in [3.8, 4) is 5.75 Å². The molecule has 0 spiro atoms. The van der Waals surface area contributed by atoms with Gasteiger partial charge in [0.15, 0.2) is 0 Å². The fraction of sp³-hybridized carbons (Fsp3) is 0.500. The molecule has 7 heteroatoms. The monoisotopic (exact) mass is 360 g/mol. The summed E-state index contributed by atoms with van der Waals surface area (Å²) in [4.78, 5) is 18.0. The van der Waals surface area contributed by atoms with Crippen LogP contribution in [0, 0.1) is 5.92 Å².